The van der Waals surface area contributed by atoms with Gasteiger partial charge in [0.15, 0.2) is 0 Å². The Balaban J connectivity index is 2.17. The third kappa shape index (κ3) is 2.17. The first kappa shape index (κ1) is 10.2. The van der Waals surface area contributed by atoms with Gasteiger partial charge in [-0.25, -0.2) is 4.79 Å². The van der Waals surface area contributed by atoms with E-state index >= 15 is 0 Å². The van der Waals surface area contributed by atoms with Gasteiger partial charge in [0.25, 0.3) is 0 Å². The number of esters is 1. The molecular formula is C12H10N2O2. The van der Waals surface area contributed by atoms with Crippen LogP contribution < -0.4 is 4.74 Å². The molecule has 0 saturated heterocycles. The van der Waals surface area contributed by atoms with Crippen LogP contribution in [-0.4, -0.2) is 16.2 Å². The molecule has 2 rings (SSSR count). The Labute approximate surface area is 92.2 Å². The van der Waals surface area contributed by atoms with E-state index < -0.39 is 5.97 Å². The third-order valence-corrected chi connectivity index (χ3v) is 2.00. The second-order valence-electron chi connectivity index (χ2n) is 3.13. The van der Waals surface area contributed by atoms with Crippen molar-refractivity contribution in [2.24, 2.45) is 0 Å². The number of ether oxygens (including phenoxy) is 1. The molecule has 0 radical (unpaired) electrons. The van der Waals surface area contributed by atoms with Gasteiger partial charge in [-0.1, -0.05) is 18.7 Å². The number of nitrogens with zero attached hydrogens (tertiary/aromatic N) is 1. The summed E-state index contributed by atoms with van der Waals surface area (Å²) in [5, 5.41) is 7.60. The van der Waals surface area contributed by atoms with Crippen LogP contribution in [0.2, 0.25) is 0 Å². The fourth-order valence-electron chi connectivity index (χ4n) is 1.28. The van der Waals surface area contributed by atoms with Crippen molar-refractivity contribution in [3.63, 3.8) is 0 Å². The van der Waals surface area contributed by atoms with E-state index in [9.17, 15) is 4.79 Å². The minimum Gasteiger partial charge on any atom is -0.423 e. The molecule has 0 unspecified atom stereocenters. The van der Waals surface area contributed by atoms with Gasteiger partial charge in [-0.2, -0.15) is 5.10 Å². The molecule has 4 nitrogen and oxygen atoms in total. The summed E-state index contributed by atoms with van der Waals surface area (Å²) in [5.41, 5.74) is 0.904. The quantitative estimate of drug-likeness (QED) is 0.369. The second-order valence-corrected chi connectivity index (χ2v) is 3.13. The van der Waals surface area contributed by atoms with E-state index in [1.54, 1.807) is 18.3 Å². The molecule has 16 heavy (non-hydrogen) atoms. The standard InChI is InChI=1S/C12H10N2O2/c1-2-3-4-12(15)16-10-5-6-11-9(7-10)8-13-14-11/h2-8H,1H2,(H,13,14). The number of allylic oxidation sites excluding steroid dienone is 2. The molecule has 0 fully saturated rings. The van der Waals surface area contributed by atoms with Gasteiger partial charge in [0.2, 0.25) is 0 Å². The number of hydrogen-bond donors (Lipinski definition) is 1. The van der Waals surface area contributed by atoms with Crippen LogP contribution >= 0.6 is 0 Å². The van der Waals surface area contributed by atoms with E-state index in [2.05, 4.69) is 16.8 Å². The smallest absolute Gasteiger partial charge is 0.336 e. The molecule has 0 aliphatic heterocycles. The zero-order valence-electron chi connectivity index (χ0n) is 8.51. The van der Waals surface area contributed by atoms with Crippen LogP contribution in [0.4, 0.5) is 0 Å². The lowest BCUT2D eigenvalue weighted by molar-refractivity contribution is -0.128. The minimum atomic E-state index is -0.428. The number of nitrogens with one attached hydrogen (secondary N) is 1. The van der Waals surface area contributed by atoms with Crippen LogP contribution in [0.15, 0.2) is 49.2 Å². The van der Waals surface area contributed by atoms with Crippen molar-refractivity contribution >= 4 is 16.9 Å². The Hall–Kier alpha value is -2.36. The van der Waals surface area contributed by atoms with Crippen LogP contribution in [-0.2, 0) is 4.79 Å². The number of aromatic amines is 1. The largest absolute Gasteiger partial charge is 0.423 e. The lowest BCUT2D eigenvalue weighted by Crippen LogP contribution is -2.03. The minimum absolute atomic E-state index is 0.428. The number of rotatable bonds is 3. The average Bonchev–Trinajstić information content (AvgIpc) is 2.73. The first-order chi connectivity index (χ1) is 7.79. The maximum atomic E-state index is 11.3. The maximum Gasteiger partial charge on any atom is 0.336 e. The molecule has 0 amide bonds. The number of carbonyl (C=O) groups excluding carboxylic acids is 1. The van der Waals surface area contributed by atoms with Gasteiger partial charge < -0.3 is 4.74 Å². The second kappa shape index (κ2) is 4.44. The number of hydrogen-bond acceptors (Lipinski definition) is 3. The maximum absolute atomic E-state index is 11.3. The predicted molar refractivity (Wildman–Crippen MR) is 61.1 cm³/mol. The van der Waals surface area contributed by atoms with E-state index in [0.29, 0.717) is 5.75 Å². The molecule has 0 saturated carbocycles. The summed E-state index contributed by atoms with van der Waals surface area (Å²) in [5.74, 6) is 0.0651. The molecule has 0 spiro atoms. The number of H-pyrrole nitrogens is 1. The van der Waals surface area contributed by atoms with E-state index in [0.717, 1.165) is 10.9 Å². The molecule has 1 aromatic carbocycles. The highest BCUT2D eigenvalue weighted by Crippen LogP contribution is 2.18. The van der Waals surface area contributed by atoms with Crippen molar-refractivity contribution in [3.05, 3.63) is 49.2 Å². The van der Waals surface area contributed by atoms with Crippen LogP contribution in [0.5, 0.6) is 5.75 Å². The number of aromatic nitrogens is 2. The molecule has 0 atom stereocenters. The number of benzene rings is 1. The molecule has 4 heteroatoms. The summed E-state index contributed by atoms with van der Waals surface area (Å²) in [6.45, 7) is 3.47. The Morgan fingerprint density at radius 1 is 1.50 bits per heavy atom. The molecule has 0 bridgehead atoms. The molecule has 1 aromatic heterocycles. The zero-order chi connectivity index (χ0) is 11.4. The van der Waals surface area contributed by atoms with Crippen LogP contribution in [0.25, 0.3) is 10.9 Å². The van der Waals surface area contributed by atoms with Crippen molar-refractivity contribution in [3.8, 4) is 5.75 Å². The Morgan fingerprint density at radius 3 is 3.19 bits per heavy atom. The zero-order valence-corrected chi connectivity index (χ0v) is 8.51. The Bertz CT molecular complexity index is 555. The highest BCUT2D eigenvalue weighted by Gasteiger charge is 2.02. The van der Waals surface area contributed by atoms with Crippen molar-refractivity contribution < 1.29 is 9.53 Å². The summed E-state index contributed by atoms with van der Waals surface area (Å²) in [6.07, 6.45) is 6.03. The van der Waals surface area contributed by atoms with Crippen molar-refractivity contribution in [1.82, 2.24) is 10.2 Å². The molecule has 0 aliphatic rings. The summed E-state index contributed by atoms with van der Waals surface area (Å²) >= 11 is 0. The lowest BCUT2D eigenvalue weighted by Gasteiger charge is -2.00. The first-order valence-electron chi connectivity index (χ1n) is 4.73. The van der Waals surface area contributed by atoms with Crippen molar-refractivity contribution in [1.29, 1.82) is 0 Å². The topological polar surface area (TPSA) is 55.0 Å². The van der Waals surface area contributed by atoms with Crippen LogP contribution in [0.3, 0.4) is 0 Å². The van der Waals surface area contributed by atoms with Gasteiger partial charge in [0.1, 0.15) is 5.75 Å². The fourth-order valence-corrected chi connectivity index (χ4v) is 1.28. The van der Waals surface area contributed by atoms with Gasteiger partial charge in [0.05, 0.1) is 11.7 Å². The molecule has 0 aliphatic carbocycles. The SMILES string of the molecule is C=CC=CC(=O)Oc1ccc2[nH]ncc2c1. The molecule has 2 aromatic rings. The van der Waals surface area contributed by atoms with E-state index in [4.69, 9.17) is 4.74 Å². The molecule has 1 N–H and O–H groups in total. The summed E-state index contributed by atoms with van der Waals surface area (Å²) in [6, 6.07) is 5.26. The van der Waals surface area contributed by atoms with Crippen LogP contribution in [0, 0.1) is 0 Å². The predicted octanol–water partition coefficient (Wildman–Crippen LogP) is 2.21. The monoisotopic (exact) mass is 214 g/mol. The van der Waals surface area contributed by atoms with Crippen molar-refractivity contribution in [2.45, 2.75) is 0 Å². The summed E-state index contributed by atoms with van der Waals surface area (Å²) in [4.78, 5) is 11.3. The molecular weight excluding hydrogens is 204 g/mol. The first-order valence-corrected chi connectivity index (χ1v) is 4.73. The molecule has 1 heterocycles. The number of fused-ring (bicyclic) bond motifs is 1. The fraction of sp³-hybridized carbons (Fsp3) is 0. The van der Waals surface area contributed by atoms with E-state index in [1.165, 1.54) is 18.2 Å². The van der Waals surface area contributed by atoms with Gasteiger partial charge in [-0.15, -0.1) is 0 Å². The lowest BCUT2D eigenvalue weighted by atomic mass is 10.2. The van der Waals surface area contributed by atoms with Gasteiger partial charge in [-0.3, -0.25) is 5.10 Å². The Morgan fingerprint density at radius 2 is 2.38 bits per heavy atom. The molecule has 80 valence electrons. The third-order valence-electron chi connectivity index (χ3n) is 2.00. The van der Waals surface area contributed by atoms with Gasteiger partial charge >= 0.3 is 5.97 Å². The summed E-state index contributed by atoms with van der Waals surface area (Å²) in [7, 11) is 0. The van der Waals surface area contributed by atoms with Crippen molar-refractivity contribution in [2.75, 3.05) is 0 Å². The normalized spacial score (nSPS) is 10.8. The van der Waals surface area contributed by atoms with Crippen LogP contribution in [0.1, 0.15) is 0 Å². The highest BCUT2D eigenvalue weighted by atomic mass is 16.5. The highest BCUT2D eigenvalue weighted by molar-refractivity contribution is 5.86. The van der Waals surface area contributed by atoms with Gasteiger partial charge in [0, 0.05) is 11.5 Å². The Kier molecular flexibility index (Phi) is 2.82. The van der Waals surface area contributed by atoms with E-state index in [1.807, 2.05) is 6.07 Å². The number of carbonyl (C=O) groups is 1. The summed E-state index contributed by atoms with van der Waals surface area (Å²) < 4.78 is 5.08. The van der Waals surface area contributed by atoms with E-state index in [-0.39, 0.29) is 0 Å². The average molecular weight is 214 g/mol. The van der Waals surface area contributed by atoms with Gasteiger partial charge in [-0.05, 0) is 18.2 Å².